The zero-order chi connectivity index (χ0) is 16.8. The first-order valence-corrected chi connectivity index (χ1v) is 8.48. The summed E-state index contributed by atoms with van der Waals surface area (Å²) < 4.78 is 26.2. The van der Waals surface area contributed by atoms with Crippen LogP contribution in [0.4, 0.5) is 8.78 Å². The molecule has 0 aromatic rings. The van der Waals surface area contributed by atoms with Crippen LogP contribution in [0.3, 0.4) is 0 Å². The lowest BCUT2D eigenvalue weighted by atomic mass is 9.61. The minimum Gasteiger partial charge on any atom is -0.210 e. The summed E-state index contributed by atoms with van der Waals surface area (Å²) in [5, 5.41) is 0. The van der Waals surface area contributed by atoms with Crippen molar-refractivity contribution in [3.05, 3.63) is 11.6 Å². The molecule has 0 nitrogen and oxygen atoms in total. The van der Waals surface area contributed by atoms with Crippen LogP contribution >= 0.6 is 0 Å². The van der Waals surface area contributed by atoms with E-state index < -0.39 is 12.3 Å². The molecule has 0 fully saturated rings. The summed E-state index contributed by atoms with van der Waals surface area (Å²) in [5.41, 5.74) is 1.30. The minimum absolute atomic E-state index is 0.136. The molecule has 0 saturated carbocycles. The predicted octanol–water partition coefficient (Wildman–Crippen LogP) is 7.10. The van der Waals surface area contributed by atoms with E-state index in [9.17, 15) is 8.78 Å². The van der Waals surface area contributed by atoms with Crippen molar-refractivity contribution in [1.82, 2.24) is 0 Å². The third-order valence-corrected chi connectivity index (χ3v) is 5.44. The van der Waals surface area contributed by atoms with E-state index in [1.807, 2.05) is 13.0 Å². The van der Waals surface area contributed by atoms with E-state index >= 15 is 0 Å². The highest BCUT2D eigenvalue weighted by atomic mass is 19.3. The van der Waals surface area contributed by atoms with E-state index in [-0.39, 0.29) is 16.7 Å². The van der Waals surface area contributed by atoms with Gasteiger partial charge in [0.05, 0.1) is 0 Å². The van der Waals surface area contributed by atoms with E-state index in [2.05, 4.69) is 41.5 Å². The SMILES string of the molecule is CC/C=C(\C(C)CC(C)(C)C(C)(C)CCC)C(C)C(F)F. The number of allylic oxidation sites excluding steroid dienone is 2. The fourth-order valence-corrected chi connectivity index (χ4v) is 3.34. The van der Waals surface area contributed by atoms with Crippen molar-refractivity contribution in [2.75, 3.05) is 0 Å². The number of alkyl halides is 2. The maximum atomic E-state index is 13.1. The van der Waals surface area contributed by atoms with E-state index in [1.54, 1.807) is 6.92 Å². The lowest BCUT2D eigenvalue weighted by Crippen LogP contribution is -2.35. The molecule has 0 aromatic carbocycles. The molecule has 0 amide bonds. The molecule has 2 atom stereocenters. The molecule has 0 spiro atoms. The zero-order valence-corrected chi connectivity index (χ0v) is 15.4. The molecule has 0 heterocycles. The first-order valence-electron chi connectivity index (χ1n) is 8.48. The molecule has 2 unspecified atom stereocenters. The number of hydrogen-bond donors (Lipinski definition) is 0. The first kappa shape index (κ1) is 20.6. The number of hydrogen-bond acceptors (Lipinski definition) is 0. The Labute approximate surface area is 131 Å². The molecule has 21 heavy (non-hydrogen) atoms. The van der Waals surface area contributed by atoms with Crippen molar-refractivity contribution in [3.8, 4) is 0 Å². The van der Waals surface area contributed by atoms with Crippen LogP contribution in [-0.2, 0) is 0 Å². The summed E-state index contributed by atoms with van der Waals surface area (Å²) in [6.07, 6.45) is 3.87. The van der Waals surface area contributed by atoms with Crippen LogP contribution in [0.2, 0.25) is 0 Å². The van der Waals surface area contributed by atoms with E-state index in [4.69, 9.17) is 0 Å². The van der Waals surface area contributed by atoms with Crippen LogP contribution in [0.5, 0.6) is 0 Å². The van der Waals surface area contributed by atoms with Gasteiger partial charge in [0.25, 0.3) is 0 Å². The Bertz CT molecular complexity index is 326. The largest absolute Gasteiger partial charge is 0.244 e. The zero-order valence-electron chi connectivity index (χ0n) is 15.4. The van der Waals surface area contributed by atoms with Gasteiger partial charge in [0, 0.05) is 5.92 Å². The summed E-state index contributed by atoms with van der Waals surface area (Å²) in [4.78, 5) is 0. The van der Waals surface area contributed by atoms with Gasteiger partial charge in [-0.1, -0.05) is 73.5 Å². The van der Waals surface area contributed by atoms with E-state index in [0.29, 0.717) is 0 Å². The van der Waals surface area contributed by atoms with Gasteiger partial charge in [-0.15, -0.1) is 0 Å². The molecular weight excluding hydrogens is 266 g/mol. The van der Waals surface area contributed by atoms with Crippen molar-refractivity contribution in [1.29, 1.82) is 0 Å². The Hall–Kier alpha value is -0.400. The normalized spacial score (nSPS) is 17.2. The van der Waals surface area contributed by atoms with Gasteiger partial charge in [-0.2, -0.15) is 0 Å². The average Bonchev–Trinajstić information content (AvgIpc) is 2.33. The third kappa shape index (κ3) is 5.71. The third-order valence-electron chi connectivity index (χ3n) is 5.44. The Balaban J connectivity index is 5.14. The summed E-state index contributed by atoms with van der Waals surface area (Å²) in [5.74, 6) is -0.426. The van der Waals surface area contributed by atoms with Crippen LogP contribution in [0, 0.1) is 22.7 Å². The fraction of sp³-hybridized carbons (Fsp3) is 0.895. The second-order valence-electron chi connectivity index (χ2n) is 7.86. The molecule has 0 saturated heterocycles. The van der Waals surface area contributed by atoms with Crippen LogP contribution < -0.4 is 0 Å². The molecule has 2 heteroatoms. The van der Waals surface area contributed by atoms with Crippen molar-refractivity contribution < 1.29 is 8.78 Å². The highest BCUT2D eigenvalue weighted by Crippen LogP contribution is 2.48. The molecule has 0 aliphatic carbocycles. The summed E-state index contributed by atoms with van der Waals surface area (Å²) in [7, 11) is 0. The fourth-order valence-electron chi connectivity index (χ4n) is 3.34. The number of rotatable bonds is 9. The van der Waals surface area contributed by atoms with Gasteiger partial charge in [-0.25, -0.2) is 8.78 Å². The van der Waals surface area contributed by atoms with Crippen molar-refractivity contribution in [2.45, 2.75) is 87.5 Å². The van der Waals surface area contributed by atoms with Gasteiger partial charge >= 0.3 is 0 Å². The molecule has 0 rings (SSSR count). The topological polar surface area (TPSA) is 0 Å². The van der Waals surface area contributed by atoms with Gasteiger partial charge in [0.2, 0.25) is 6.43 Å². The Morgan fingerprint density at radius 1 is 1.00 bits per heavy atom. The predicted molar refractivity (Wildman–Crippen MR) is 89.8 cm³/mol. The molecular formula is C19H36F2. The van der Waals surface area contributed by atoms with Gasteiger partial charge in [0.15, 0.2) is 0 Å². The van der Waals surface area contributed by atoms with Crippen LogP contribution in [-0.4, -0.2) is 6.43 Å². The smallest absolute Gasteiger partial charge is 0.210 e. The maximum absolute atomic E-state index is 13.1. The minimum atomic E-state index is -2.27. The Morgan fingerprint density at radius 3 is 1.90 bits per heavy atom. The van der Waals surface area contributed by atoms with Gasteiger partial charge in [-0.05, 0) is 36.0 Å². The van der Waals surface area contributed by atoms with Gasteiger partial charge < -0.3 is 0 Å². The van der Waals surface area contributed by atoms with E-state index in [1.165, 1.54) is 6.42 Å². The standard InChI is InChI=1S/C19H36F2/c1-9-11-16(15(4)17(20)21)14(3)13-19(7,8)18(5,6)12-10-2/h11,14-15,17H,9-10,12-13H2,1-8H3/b16-11+. The summed E-state index contributed by atoms with van der Waals surface area (Å²) in [6, 6.07) is 0. The van der Waals surface area contributed by atoms with Crippen LogP contribution in [0.1, 0.15) is 81.1 Å². The van der Waals surface area contributed by atoms with Crippen molar-refractivity contribution in [2.24, 2.45) is 22.7 Å². The van der Waals surface area contributed by atoms with Crippen LogP contribution in [0.15, 0.2) is 11.6 Å². The second-order valence-corrected chi connectivity index (χ2v) is 7.86. The molecule has 126 valence electrons. The monoisotopic (exact) mass is 302 g/mol. The summed E-state index contributed by atoms with van der Waals surface area (Å²) in [6.45, 7) is 17.2. The highest BCUT2D eigenvalue weighted by Gasteiger charge is 2.38. The molecule has 0 radical (unpaired) electrons. The first-order chi connectivity index (χ1) is 9.50. The summed E-state index contributed by atoms with van der Waals surface area (Å²) >= 11 is 0. The second kappa shape index (κ2) is 8.29. The lowest BCUT2D eigenvalue weighted by molar-refractivity contribution is 0.0647. The lowest BCUT2D eigenvalue weighted by Gasteiger charge is -2.44. The van der Waals surface area contributed by atoms with Crippen molar-refractivity contribution >= 4 is 0 Å². The van der Waals surface area contributed by atoms with Crippen molar-refractivity contribution in [3.63, 3.8) is 0 Å². The highest BCUT2D eigenvalue weighted by molar-refractivity contribution is 5.11. The van der Waals surface area contributed by atoms with Gasteiger partial charge in [0.1, 0.15) is 0 Å². The quantitative estimate of drug-likeness (QED) is 0.398. The van der Waals surface area contributed by atoms with Crippen LogP contribution in [0.25, 0.3) is 0 Å². The molecule has 0 bridgehead atoms. The molecule has 0 aliphatic rings. The van der Waals surface area contributed by atoms with E-state index in [0.717, 1.165) is 24.8 Å². The Morgan fingerprint density at radius 2 is 1.52 bits per heavy atom. The maximum Gasteiger partial charge on any atom is 0.244 e. The molecule has 0 N–H and O–H groups in total. The molecule has 0 aliphatic heterocycles. The van der Waals surface area contributed by atoms with Gasteiger partial charge in [-0.3, -0.25) is 0 Å². The number of halogens is 2. The average molecular weight is 302 g/mol. The molecule has 0 aromatic heterocycles. The Kier molecular flexibility index (Phi) is 8.13.